The SMILES string of the molecule is CC(OC(=O)C1CCC(=O)C1)c1ccccc1. The minimum absolute atomic E-state index is 0.166. The zero-order valence-corrected chi connectivity index (χ0v) is 9.89. The van der Waals surface area contributed by atoms with Crippen LogP contribution < -0.4 is 0 Å². The molecule has 1 aliphatic carbocycles. The van der Waals surface area contributed by atoms with Crippen LogP contribution in [0, 0.1) is 5.92 Å². The number of hydrogen-bond donors (Lipinski definition) is 0. The van der Waals surface area contributed by atoms with E-state index in [-0.39, 0.29) is 23.8 Å². The molecule has 0 aliphatic heterocycles. The number of ether oxygens (including phenoxy) is 1. The van der Waals surface area contributed by atoms with Gasteiger partial charge < -0.3 is 4.74 Å². The molecule has 0 amide bonds. The highest BCUT2D eigenvalue weighted by molar-refractivity contribution is 5.87. The fourth-order valence-electron chi connectivity index (χ4n) is 2.08. The van der Waals surface area contributed by atoms with Gasteiger partial charge >= 0.3 is 5.97 Å². The highest BCUT2D eigenvalue weighted by Gasteiger charge is 2.30. The molecule has 0 heterocycles. The zero-order valence-electron chi connectivity index (χ0n) is 9.89. The lowest BCUT2D eigenvalue weighted by molar-refractivity contribution is -0.153. The standard InChI is InChI=1S/C14H16O3/c1-10(11-5-3-2-4-6-11)17-14(16)12-7-8-13(15)9-12/h2-6,10,12H,7-9H2,1H3. The number of benzene rings is 1. The van der Waals surface area contributed by atoms with Crippen LogP contribution in [0.2, 0.25) is 0 Å². The number of rotatable bonds is 3. The lowest BCUT2D eigenvalue weighted by atomic mass is 10.1. The Morgan fingerprint density at radius 1 is 1.35 bits per heavy atom. The molecule has 0 spiro atoms. The van der Waals surface area contributed by atoms with Gasteiger partial charge in [0.1, 0.15) is 11.9 Å². The zero-order chi connectivity index (χ0) is 12.3. The summed E-state index contributed by atoms with van der Waals surface area (Å²) in [7, 11) is 0. The maximum atomic E-state index is 11.8. The van der Waals surface area contributed by atoms with Gasteiger partial charge in [0.05, 0.1) is 5.92 Å². The summed E-state index contributed by atoms with van der Waals surface area (Å²) in [6.45, 7) is 1.85. The van der Waals surface area contributed by atoms with E-state index in [1.54, 1.807) is 0 Å². The van der Waals surface area contributed by atoms with Crippen molar-refractivity contribution >= 4 is 11.8 Å². The van der Waals surface area contributed by atoms with Crippen molar-refractivity contribution in [1.82, 2.24) is 0 Å². The minimum Gasteiger partial charge on any atom is -0.458 e. The first-order valence-corrected chi connectivity index (χ1v) is 5.94. The Morgan fingerprint density at radius 3 is 2.65 bits per heavy atom. The number of hydrogen-bond acceptors (Lipinski definition) is 3. The molecule has 0 aromatic heterocycles. The fraction of sp³-hybridized carbons (Fsp3) is 0.429. The number of carbonyl (C=O) groups excluding carboxylic acids is 2. The molecule has 2 atom stereocenters. The van der Waals surface area contributed by atoms with Crippen LogP contribution >= 0.6 is 0 Å². The van der Waals surface area contributed by atoms with Gasteiger partial charge in [-0.05, 0) is 18.9 Å². The Bertz CT molecular complexity index is 411. The Hall–Kier alpha value is -1.64. The molecule has 1 aliphatic rings. The fourth-order valence-corrected chi connectivity index (χ4v) is 2.08. The van der Waals surface area contributed by atoms with Gasteiger partial charge in [0.2, 0.25) is 0 Å². The van der Waals surface area contributed by atoms with Crippen molar-refractivity contribution in [3.8, 4) is 0 Å². The third-order valence-electron chi connectivity index (χ3n) is 3.14. The molecule has 0 N–H and O–H groups in total. The van der Waals surface area contributed by atoms with Gasteiger partial charge in [-0.1, -0.05) is 30.3 Å². The first kappa shape index (κ1) is 11.8. The molecule has 2 unspecified atom stereocenters. The van der Waals surface area contributed by atoms with Crippen LogP contribution in [0.25, 0.3) is 0 Å². The van der Waals surface area contributed by atoms with Crippen LogP contribution in [-0.4, -0.2) is 11.8 Å². The molecule has 90 valence electrons. The minimum atomic E-state index is -0.251. The molecule has 0 saturated heterocycles. The second-order valence-electron chi connectivity index (χ2n) is 4.47. The lowest BCUT2D eigenvalue weighted by Gasteiger charge is -2.16. The number of esters is 1. The van der Waals surface area contributed by atoms with Crippen molar-refractivity contribution in [2.24, 2.45) is 5.92 Å². The summed E-state index contributed by atoms with van der Waals surface area (Å²) in [6, 6.07) is 9.61. The number of ketones is 1. The predicted molar refractivity (Wildman–Crippen MR) is 63.3 cm³/mol. The first-order chi connectivity index (χ1) is 8.16. The van der Waals surface area contributed by atoms with Gasteiger partial charge in [-0.25, -0.2) is 0 Å². The summed E-state index contributed by atoms with van der Waals surface area (Å²) in [5.41, 5.74) is 0.977. The van der Waals surface area contributed by atoms with E-state index >= 15 is 0 Å². The quantitative estimate of drug-likeness (QED) is 0.752. The van der Waals surface area contributed by atoms with E-state index in [1.807, 2.05) is 37.3 Å². The number of carbonyl (C=O) groups is 2. The van der Waals surface area contributed by atoms with Crippen LogP contribution in [0.15, 0.2) is 30.3 Å². The molecule has 0 radical (unpaired) electrons. The number of Topliss-reactive ketones (excluding diaryl/α,β-unsaturated/α-hetero) is 1. The second kappa shape index (κ2) is 5.13. The van der Waals surface area contributed by atoms with E-state index < -0.39 is 0 Å². The van der Waals surface area contributed by atoms with Crippen molar-refractivity contribution < 1.29 is 14.3 Å². The largest absolute Gasteiger partial charge is 0.458 e. The predicted octanol–water partition coefficient (Wildman–Crippen LogP) is 2.66. The Labute approximate surface area is 101 Å². The van der Waals surface area contributed by atoms with Crippen molar-refractivity contribution in [2.75, 3.05) is 0 Å². The van der Waals surface area contributed by atoms with Gasteiger partial charge in [-0.3, -0.25) is 9.59 Å². The molecule has 3 heteroatoms. The maximum absolute atomic E-state index is 11.8. The summed E-state index contributed by atoms with van der Waals surface area (Å²) in [5, 5.41) is 0. The summed E-state index contributed by atoms with van der Waals surface area (Å²) in [5.74, 6) is -0.305. The van der Waals surface area contributed by atoms with Crippen LogP contribution in [0.1, 0.15) is 37.9 Å². The Balaban J connectivity index is 1.93. The Kier molecular flexibility index (Phi) is 3.57. The summed E-state index contributed by atoms with van der Waals surface area (Å²) in [4.78, 5) is 22.9. The van der Waals surface area contributed by atoms with Gasteiger partial charge in [0.25, 0.3) is 0 Å². The molecule has 1 fully saturated rings. The lowest BCUT2D eigenvalue weighted by Crippen LogP contribution is -2.17. The average molecular weight is 232 g/mol. The van der Waals surface area contributed by atoms with E-state index in [0.29, 0.717) is 19.3 Å². The molecule has 0 bridgehead atoms. The van der Waals surface area contributed by atoms with Crippen LogP contribution in [0.4, 0.5) is 0 Å². The van der Waals surface area contributed by atoms with Gasteiger partial charge in [0.15, 0.2) is 0 Å². The van der Waals surface area contributed by atoms with E-state index in [0.717, 1.165) is 5.56 Å². The van der Waals surface area contributed by atoms with Crippen LogP contribution in [-0.2, 0) is 14.3 Å². The molecule has 2 rings (SSSR count). The topological polar surface area (TPSA) is 43.4 Å². The smallest absolute Gasteiger partial charge is 0.309 e. The molecule has 1 aromatic rings. The third-order valence-corrected chi connectivity index (χ3v) is 3.14. The molecule has 1 aromatic carbocycles. The van der Waals surface area contributed by atoms with Gasteiger partial charge in [0, 0.05) is 12.8 Å². The first-order valence-electron chi connectivity index (χ1n) is 5.94. The third kappa shape index (κ3) is 2.93. The highest BCUT2D eigenvalue weighted by atomic mass is 16.5. The molecular formula is C14H16O3. The van der Waals surface area contributed by atoms with Crippen LogP contribution in [0.5, 0.6) is 0 Å². The summed E-state index contributed by atoms with van der Waals surface area (Å²) < 4.78 is 5.38. The molecule has 1 saturated carbocycles. The molecule has 3 nitrogen and oxygen atoms in total. The summed E-state index contributed by atoms with van der Waals surface area (Å²) in [6.07, 6.45) is 1.25. The van der Waals surface area contributed by atoms with E-state index in [2.05, 4.69) is 0 Å². The van der Waals surface area contributed by atoms with E-state index in [4.69, 9.17) is 4.74 Å². The van der Waals surface area contributed by atoms with Gasteiger partial charge in [-0.2, -0.15) is 0 Å². The average Bonchev–Trinajstić information content (AvgIpc) is 2.77. The van der Waals surface area contributed by atoms with E-state index in [9.17, 15) is 9.59 Å². The molecular weight excluding hydrogens is 216 g/mol. The van der Waals surface area contributed by atoms with Crippen molar-refractivity contribution in [2.45, 2.75) is 32.3 Å². The monoisotopic (exact) mass is 232 g/mol. The maximum Gasteiger partial charge on any atom is 0.309 e. The van der Waals surface area contributed by atoms with E-state index in [1.165, 1.54) is 0 Å². The van der Waals surface area contributed by atoms with Crippen molar-refractivity contribution in [3.63, 3.8) is 0 Å². The molecule has 17 heavy (non-hydrogen) atoms. The second-order valence-corrected chi connectivity index (χ2v) is 4.47. The summed E-state index contributed by atoms with van der Waals surface area (Å²) >= 11 is 0. The van der Waals surface area contributed by atoms with Crippen molar-refractivity contribution in [1.29, 1.82) is 0 Å². The van der Waals surface area contributed by atoms with Crippen molar-refractivity contribution in [3.05, 3.63) is 35.9 Å². The normalized spacial score (nSPS) is 21.2. The van der Waals surface area contributed by atoms with Gasteiger partial charge in [-0.15, -0.1) is 0 Å². The Morgan fingerprint density at radius 2 is 2.06 bits per heavy atom. The van der Waals surface area contributed by atoms with Crippen LogP contribution in [0.3, 0.4) is 0 Å². The highest BCUT2D eigenvalue weighted by Crippen LogP contribution is 2.26.